The molecule has 0 bridgehead atoms. The molecule has 0 spiro atoms. The van der Waals surface area contributed by atoms with Gasteiger partial charge in [-0.1, -0.05) is 41.5 Å². The fraction of sp³-hybridized carbons (Fsp3) is 1.00. The molecular formula is C14H28O. The fourth-order valence-corrected chi connectivity index (χ4v) is 2.83. The van der Waals surface area contributed by atoms with Gasteiger partial charge in [0, 0.05) is 0 Å². The number of ether oxygens (including phenoxy) is 1. The van der Waals surface area contributed by atoms with E-state index in [0.29, 0.717) is 24.0 Å². The van der Waals surface area contributed by atoms with Crippen molar-refractivity contribution < 1.29 is 4.74 Å². The average Bonchev–Trinajstić information content (AvgIpc) is 2.18. The molecule has 0 aromatic carbocycles. The summed E-state index contributed by atoms with van der Waals surface area (Å²) in [6, 6.07) is 0. The van der Waals surface area contributed by atoms with Crippen LogP contribution in [0.1, 0.15) is 54.4 Å². The first-order valence-electron chi connectivity index (χ1n) is 6.62. The molecule has 1 heterocycles. The van der Waals surface area contributed by atoms with Crippen LogP contribution in [-0.4, -0.2) is 12.2 Å². The summed E-state index contributed by atoms with van der Waals surface area (Å²) in [5, 5.41) is 0. The molecular weight excluding hydrogens is 184 g/mol. The van der Waals surface area contributed by atoms with Crippen LogP contribution in [0.5, 0.6) is 0 Å². The lowest BCUT2D eigenvalue weighted by Gasteiger charge is -2.44. The van der Waals surface area contributed by atoms with Crippen molar-refractivity contribution in [2.45, 2.75) is 66.6 Å². The van der Waals surface area contributed by atoms with Crippen molar-refractivity contribution in [2.24, 2.45) is 23.7 Å². The van der Waals surface area contributed by atoms with Gasteiger partial charge < -0.3 is 4.74 Å². The maximum absolute atomic E-state index is 6.24. The molecule has 1 fully saturated rings. The van der Waals surface area contributed by atoms with Crippen molar-refractivity contribution >= 4 is 0 Å². The molecule has 2 unspecified atom stereocenters. The van der Waals surface area contributed by atoms with E-state index in [4.69, 9.17) is 4.74 Å². The summed E-state index contributed by atoms with van der Waals surface area (Å²) in [5.41, 5.74) is 0. The third-order valence-electron chi connectivity index (χ3n) is 4.29. The molecule has 1 rings (SSSR count). The Balaban J connectivity index is 2.65. The van der Waals surface area contributed by atoms with Gasteiger partial charge in [-0.3, -0.25) is 0 Å². The molecule has 0 saturated carbocycles. The summed E-state index contributed by atoms with van der Waals surface area (Å²) < 4.78 is 6.24. The van der Waals surface area contributed by atoms with E-state index in [-0.39, 0.29) is 0 Å². The van der Waals surface area contributed by atoms with Crippen LogP contribution in [0.25, 0.3) is 0 Å². The van der Waals surface area contributed by atoms with E-state index in [1.807, 2.05) is 0 Å². The highest BCUT2D eigenvalue weighted by Crippen LogP contribution is 2.38. The number of hydrogen-bond donors (Lipinski definition) is 0. The van der Waals surface area contributed by atoms with Crippen LogP contribution in [0.3, 0.4) is 0 Å². The van der Waals surface area contributed by atoms with E-state index >= 15 is 0 Å². The number of hydrogen-bond acceptors (Lipinski definition) is 1. The van der Waals surface area contributed by atoms with Gasteiger partial charge in [-0.2, -0.15) is 0 Å². The minimum absolute atomic E-state index is 0.486. The Labute approximate surface area is 95.6 Å². The van der Waals surface area contributed by atoms with Crippen molar-refractivity contribution in [3.63, 3.8) is 0 Å². The maximum Gasteiger partial charge on any atom is 0.0609 e. The second-order valence-corrected chi connectivity index (χ2v) is 5.83. The largest absolute Gasteiger partial charge is 0.374 e. The first kappa shape index (κ1) is 13.0. The minimum atomic E-state index is 0.486. The van der Waals surface area contributed by atoms with Crippen molar-refractivity contribution in [2.75, 3.05) is 0 Å². The van der Waals surface area contributed by atoms with Crippen LogP contribution < -0.4 is 0 Å². The molecule has 0 aliphatic carbocycles. The molecule has 1 heteroatoms. The van der Waals surface area contributed by atoms with Crippen LogP contribution in [0.15, 0.2) is 0 Å². The van der Waals surface area contributed by atoms with Gasteiger partial charge in [-0.15, -0.1) is 0 Å². The summed E-state index contributed by atoms with van der Waals surface area (Å²) >= 11 is 0. The Morgan fingerprint density at radius 1 is 0.933 bits per heavy atom. The Morgan fingerprint density at radius 2 is 1.47 bits per heavy atom. The molecule has 5 atom stereocenters. The first-order valence-corrected chi connectivity index (χ1v) is 6.62. The minimum Gasteiger partial charge on any atom is -0.374 e. The van der Waals surface area contributed by atoms with E-state index in [1.165, 1.54) is 6.42 Å². The highest BCUT2D eigenvalue weighted by Gasteiger charge is 2.37. The van der Waals surface area contributed by atoms with Crippen molar-refractivity contribution in [3.05, 3.63) is 0 Å². The topological polar surface area (TPSA) is 9.23 Å². The first-order chi connectivity index (χ1) is 6.97. The predicted octanol–water partition coefficient (Wildman–Crippen LogP) is 4.12. The third kappa shape index (κ3) is 2.96. The Bertz CT molecular complexity index is 186. The summed E-state index contributed by atoms with van der Waals surface area (Å²) in [6.07, 6.45) is 3.35. The molecule has 0 aromatic heterocycles. The average molecular weight is 212 g/mol. The zero-order valence-electron chi connectivity index (χ0n) is 11.3. The van der Waals surface area contributed by atoms with Gasteiger partial charge >= 0.3 is 0 Å². The molecule has 15 heavy (non-hydrogen) atoms. The Morgan fingerprint density at radius 3 is 1.93 bits per heavy atom. The van der Waals surface area contributed by atoms with Gasteiger partial charge in [0.05, 0.1) is 12.2 Å². The quantitative estimate of drug-likeness (QED) is 0.684. The summed E-state index contributed by atoms with van der Waals surface area (Å²) in [7, 11) is 0. The molecule has 1 nitrogen and oxygen atoms in total. The zero-order valence-corrected chi connectivity index (χ0v) is 11.3. The van der Waals surface area contributed by atoms with Gasteiger partial charge in [0.25, 0.3) is 0 Å². The van der Waals surface area contributed by atoms with Gasteiger partial charge in [0.1, 0.15) is 0 Å². The normalized spacial score (nSPS) is 42.2. The van der Waals surface area contributed by atoms with Gasteiger partial charge in [0.15, 0.2) is 0 Å². The number of rotatable bonds is 3. The Kier molecular flexibility index (Phi) is 4.64. The molecule has 0 aromatic rings. The standard InChI is InChI=1S/C14H28O/c1-7-13-11(5)10(4)12(6)14(15-13)8-9(2)3/h9-14H,7-8H2,1-6H3/t10?,11-,12-,13?,14+/m0/s1. The van der Waals surface area contributed by atoms with E-state index in [1.54, 1.807) is 0 Å². The van der Waals surface area contributed by atoms with E-state index in [2.05, 4.69) is 41.5 Å². The molecule has 0 N–H and O–H groups in total. The zero-order chi connectivity index (χ0) is 11.6. The second-order valence-electron chi connectivity index (χ2n) is 5.83. The molecule has 1 aliphatic rings. The van der Waals surface area contributed by atoms with Gasteiger partial charge in [-0.05, 0) is 36.5 Å². The van der Waals surface area contributed by atoms with E-state index in [0.717, 1.165) is 18.3 Å². The van der Waals surface area contributed by atoms with E-state index < -0.39 is 0 Å². The summed E-state index contributed by atoms with van der Waals surface area (Å²) in [4.78, 5) is 0. The van der Waals surface area contributed by atoms with Crippen molar-refractivity contribution in [1.29, 1.82) is 0 Å². The SMILES string of the molecule is CCC1O[C@H](CC(C)C)[C@@H](C)C(C)[C@@H]1C. The van der Waals surface area contributed by atoms with Gasteiger partial charge in [-0.25, -0.2) is 0 Å². The predicted molar refractivity (Wildman–Crippen MR) is 65.9 cm³/mol. The van der Waals surface area contributed by atoms with Crippen LogP contribution >= 0.6 is 0 Å². The van der Waals surface area contributed by atoms with Crippen molar-refractivity contribution in [3.8, 4) is 0 Å². The summed E-state index contributed by atoms with van der Waals surface area (Å²) in [5.74, 6) is 2.97. The van der Waals surface area contributed by atoms with Gasteiger partial charge in [0.2, 0.25) is 0 Å². The monoisotopic (exact) mass is 212 g/mol. The van der Waals surface area contributed by atoms with E-state index in [9.17, 15) is 0 Å². The molecule has 0 amide bonds. The van der Waals surface area contributed by atoms with Crippen LogP contribution in [0, 0.1) is 23.7 Å². The van der Waals surface area contributed by atoms with Crippen LogP contribution in [0.4, 0.5) is 0 Å². The summed E-state index contributed by atoms with van der Waals surface area (Å²) in [6.45, 7) is 13.9. The molecule has 1 saturated heterocycles. The lowest BCUT2D eigenvalue weighted by atomic mass is 9.74. The molecule has 0 radical (unpaired) electrons. The molecule has 1 aliphatic heterocycles. The lowest BCUT2D eigenvalue weighted by molar-refractivity contribution is -0.139. The smallest absolute Gasteiger partial charge is 0.0609 e. The fourth-order valence-electron chi connectivity index (χ4n) is 2.83. The third-order valence-corrected chi connectivity index (χ3v) is 4.29. The van der Waals surface area contributed by atoms with Crippen LogP contribution in [0.2, 0.25) is 0 Å². The highest BCUT2D eigenvalue weighted by molar-refractivity contribution is 4.85. The highest BCUT2D eigenvalue weighted by atomic mass is 16.5. The molecule has 90 valence electrons. The second kappa shape index (κ2) is 5.34. The van der Waals surface area contributed by atoms with Crippen LogP contribution in [-0.2, 0) is 4.74 Å². The maximum atomic E-state index is 6.24. The lowest BCUT2D eigenvalue weighted by Crippen LogP contribution is -2.44. The van der Waals surface area contributed by atoms with Crippen molar-refractivity contribution in [1.82, 2.24) is 0 Å². The Hall–Kier alpha value is -0.0400.